The Hall–Kier alpha value is -0.710. The van der Waals surface area contributed by atoms with Gasteiger partial charge in [-0.2, -0.15) is 0 Å². The van der Waals surface area contributed by atoms with Crippen molar-refractivity contribution in [3.05, 3.63) is 21.8 Å². The molecule has 0 aliphatic carbocycles. The lowest BCUT2D eigenvalue weighted by Gasteiger charge is -2.25. The normalized spacial score (nSPS) is 10.2. The molecule has 0 saturated carbocycles. The van der Waals surface area contributed by atoms with E-state index in [1.54, 1.807) is 0 Å². The van der Waals surface area contributed by atoms with Gasteiger partial charge >= 0.3 is 5.97 Å². The second kappa shape index (κ2) is 9.29. The highest BCUT2D eigenvalue weighted by Gasteiger charge is 2.31. The van der Waals surface area contributed by atoms with Crippen LogP contribution in [0.15, 0.2) is 0 Å². The third-order valence-corrected chi connectivity index (χ3v) is 6.32. The lowest BCUT2D eigenvalue weighted by molar-refractivity contribution is -0.136. The zero-order chi connectivity index (χ0) is 19.5. The highest BCUT2D eigenvalue weighted by Crippen LogP contribution is 2.38. The van der Waals surface area contributed by atoms with Gasteiger partial charge in [0.2, 0.25) is 5.91 Å². The minimum atomic E-state index is -1.21. The van der Waals surface area contributed by atoms with Gasteiger partial charge in [-0.05, 0) is 67.8 Å². The van der Waals surface area contributed by atoms with Crippen LogP contribution in [0.1, 0.15) is 27.6 Å². The van der Waals surface area contributed by atoms with E-state index in [-0.39, 0.29) is 16.8 Å². The Morgan fingerprint density at radius 2 is 1.32 bits per heavy atom. The number of rotatable bonds is 5. The molecule has 3 N–H and O–H groups in total. The summed E-state index contributed by atoms with van der Waals surface area (Å²) in [5, 5.41) is 14.1. The summed E-state index contributed by atoms with van der Waals surface area (Å²) >= 11 is 5.68. The first-order valence-corrected chi connectivity index (χ1v) is 9.96. The van der Waals surface area contributed by atoms with Gasteiger partial charge in [0.25, 0.3) is 11.8 Å². The van der Waals surface area contributed by atoms with Crippen molar-refractivity contribution in [2.24, 2.45) is 0 Å². The van der Waals surface area contributed by atoms with E-state index in [0.717, 1.165) is 4.90 Å². The summed E-state index contributed by atoms with van der Waals surface area (Å²) in [6.07, 6.45) is 0. The molecule has 1 rings (SSSR count). The van der Waals surface area contributed by atoms with Crippen molar-refractivity contribution in [3.63, 3.8) is 0 Å². The number of nitrogens with zero attached hydrogens (tertiary/aromatic N) is 1. The number of carboxylic acids is 1. The molecule has 0 aliphatic heterocycles. The number of amides is 3. The molecular weight excluding hydrogens is 671 g/mol. The van der Waals surface area contributed by atoms with Gasteiger partial charge in [-0.3, -0.25) is 24.1 Å². The lowest BCUT2D eigenvalue weighted by atomic mass is 10.1. The number of carboxylic acid groups (broad SMARTS) is 1. The van der Waals surface area contributed by atoms with Crippen LogP contribution in [0.4, 0.5) is 5.69 Å². The number of hydrogen-bond acceptors (Lipinski definition) is 4. The fourth-order valence-electron chi connectivity index (χ4n) is 2.02. The number of nitrogens with one attached hydrogen (secondary N) is 2. The van der Waals surface area contributed by atoms with Crippen LogP contribution in [-0.2, 0) is 9.59 Å². The molecule has 0 saturated heterocycles. The molecule has 8 nitrogen and oxygen atoms in total. The molecule has 0 unspecified atom stereocenters. The van der Waals surface area contributed by atoms with Gasteiger partial charge in [0.15, 0.2) is 0 Å². The number of anilines is 1. The lowest BCUT2D eigenvalue weighted by Crippen LogP contribution is -2.37. The average Bonchev–Trinajstić information content (AvgIpc) is 2.52. The zero-order valence-electron chi connectivity index (χ0n) is 13.4. The summed E-state index contributed by atoms with van der Waals surface area (Å²) in [5.41, 5.74) is 0.664. The summed E-state index contributed by atoms with van der Waals surface area (Å²) in [5.74, 6) is -2.58. The minimum absolute atomic E-state index is 0.217. The van der Waals surface area contributed by atoms with Crippen molar-refractivity contribution >= 4 is 97.2 Å². The van der Waals surface area contributed by atoms with Crippen molar-refractivity contribution in [2.75, 3.05) is 25.5 Å². The van der Waals surface area contributed by atoms with Crippen LogP contribution in [0.25, 0.3) is 0 Å². The second-order valence-electron chi connectivity index (χ2n) is 4.70. The SMILES string of the molecule is CNC(=O)c1c(I)c(C(=O)NC)c(I)c(N(CC(=O)O)C(C)=O)c1I. The highest BCUT2D eigenvalue weighted by atomic mass is 127. The minimum Gasteiger partial charge on any atom is -0.480 e. The molecule has 3 amide bonds. The Morgan fingerprint density at radius 3 is 1.60 bits per heavy atom. The Labute approximate surface area is 184 Å². The highest BCUT2D eigenvalue weighted by molar-refractivity contribution is 14.1. The molecule has 1 aromatic carbocycles. The number of aliphatic carboxylic acids is 1. The average molecular weight is 685 g/mol. The fraction of sp³-hybridized carbons (Fsp3) is 0.286. The van der Waals surface area contributed by atoms with E-state index in [2.05, 4.69) is 10.6 Å². The zero-order valence-corrected chi connectivity index (χ0v) is 19.8. The van der Waals surface area contributed by atoms with Crippen molar-refractivity contribution in [3.8, 4) is 0 Å². The summed E-state index contributed by atoms with van der Waals surface area (Å²) in [6.45, 7) is 0.647. The van der Waals surface area contributed by atoms with Gasteiger partial charge in [0, 0.05) is 24.6 Å². The van der Waals surface area contributed by atoms with Crippen LogP contribution in [0.5, 0.6) is 0 Å². The van der Waals surface area contributed by atoms with Crippen LogP contribution in [0.3, 0.4) is 0 Å². The van der Waals surface area contributed by atoms with Gasteiger partial charge in [-0.1, -0.05) is 0 Å². The third kappa shape index (κ3) is 4.72. The number of carbonyl (C=O) groups excluding carboxylic acids is 3. The molecule has 0 fully saturated rings. The van der Waals surface area contributed by atoms with Crippen LogP contribution < -0.4 is 15.5 Å². The number of hydrogen-bond donors (Lipinski definition) is 3. The topological polar surface area (TPSA) is 116 Å². The van der Waals surface area contributed by atoms with Gasteiger partial charge in [-0.15, -0.1) is 0 Å². The molecule has 0 spiro atoms. The number of benzene rings is 1. The van der Waals surface area contributed by atoms with E-state index in [0.29, 0.717) is 10.7 Å². The van der Waals surface area contributed by atoms with Crippen molar-refractivity contribution in [1.29, 1.82) is 0 Å². The van der Waals surface area contributed by atoms with Crippen molar-refractivity contribution in [1.82, 2.24) is 10.6 Å². The van der Waals surface area contributed by atoms with Gasteiger partial charge < -0.3 is 15.7 Å². The van der Waals surface area contributed by atoms with Crippen LogP contribution in [0, 0.1) is 10.7 Å². The molecule has 0 bridgehead atoms. The predicted octanol–water partition coefficient (Wildman–Crippen LogP) is 1.66. The van der Waals surface area contributed by atoms with E-state index in [4.69, 9.17) is 5.11 Å². The second-order valence-corrected chi connectivity index (χ2v) is 7.93. The standard InChI is InChI=1S/C14H14I3N3O5/c1-5(21)20(4-6(22)23)12-10(16)7(13(24)18-2)9(15)8(11(12)17)14(25)19-3/h4H2,1-3H3,(H,18,24)(H,19,25)(H,22,23). The van der Waals surface area contributed by atoms with E-state index in [1.165, 1.54) is 21.0 Å². The smallest absolute Gasteiger partial charge is 0.323 e. The third-order valence-electron chi connectivity index (χ3n) is 3.15. The maximum atomic E-state index is 12.3. The van der Waals surface area contributed by atoms with Crippen molar-refractivity contribution < 1.29 is 24.3 Å². The first kappa shape index (κ1) is 22.3. The summed E-state index contributed by atoms with van der Waals surface area (Å²) in [4.78, 5) is 48.9. The van der Waals surface area contributed by atoms with E-state index < -0.39 is 30.2 Å². The maximum Gasteiger partial charge on any atom is 0.323 e. The molecular formula is C14H14I3N3O5. The quantitative estimate of drug-likeness (QED) is 0.409. The van der Waals surface area contributed by atoms with Crippen LogP contribution >= 0.6 is 67.8 Å². The monoisotopic (exact) mass is 685 g/mol. The van der Waals surface area contributed by atoms with Crippen LogP contribution in [-0.4, -0.2) is 49.4 Å². The van der Waals surface area contributed by atoms with Crippen LogP contribution in [0.2, 0.25) is 0 Å². The van der Waals surface area contributed by atoms with Gasteiger partial charge in [0.1, 0.15) is 6.54 Å². The van der Waals surface area contributed by atoms with Gasteiger partial charge in [0.05, 0.1) is 24.0 Å². The molecule has 0 heterocycles. The number of halogens is 3. The van der Waals surface area contributed by atoms with E-state index in [9.17, 15) is 19.2 Å². The molecule has 25 heavy (non-hydrogen) atoms. The summed E-state index contributed by atoms with van der Waals surface area (Å²) < 4.78 is 1.22. The number of carbonyl (C=O) groups is 4. The molecule has 0 aromatic heterocycles. The van der Waals surface area contributed by atoms with E-state index >= 15 is 0 Å². The fourth-order valence-corrected chi connectivity index (χ4v) is 6.75. The molecule has 136 valence electrons. The maximum absolute atomic E-state index is 12.3. The largest absolute Gasteiger partial charge is 0.480 e. The predicted molar refractivity (Wildman–Crippen MR) is 117 cm³/mol. The Bertz CT molecular complexity index is 724. The Balaban J connectivity index is 3.94. The Morgan fingerprint density at radius 1 is 0.920 bits per heavy atom. The Kier molecular flexibility index (Phi) is 8.30. The summed E-state index contributed by atoms with van der Waals surface area (Å²) in [6, 6.07) is 0. The molecule has 0 aliphatic rings. The molecule has 1 aromatic rings. The molecule has 0 atom stereocenters. The molecule has 0 radical (unpaired) electrons. The first-order valence-electron chi connectivity index (χ1n) is 6.72. The first-order chi connectivity index (χ1) is 11.6. The summed E-state index contributed by atoms with van der Waals surface area (Å²) in [7, 11) is 2.90. The van der Waals surface area contributed by atoms with Gasteiger partial charge in [-0.25, -0.2) is 0 Å². The van der Waals surface area contributed by atoms with E-state index in [1.807, 2.05) is 67.8 Å². The molecule has 11 heteroatoms. The van der Waals surface area contributed by atoms with Crippen molar-refractivity contribution in [2.45, 2.75) is 6.92 Å².